The number of pyridine rings is 1. The van der Waals surface area contributed by atoms with Crippen molar-refractivity contribution in [3.63, 3.8) is 0 Å². The Hall–Kier alpha value is -3.85. The Balaban J connectivity index is 1.28. The molecule has 1 fully saturated rings. The minimum Gasteiger partial charge on any atom is -0.336 e. The fourth-order valence-electron chi connectivity index (χ4n) is 4.05. The van der Waals surface area contributed by atoms with Crippen LogP contribution in [0.4, 0.5) is 0 Å². The van der Waals surface area contributed by atoms with Crippen molar-refractivity contribution in [2.75, 3.05) is 26.2 Å². The average molecular weight is 444 g/mol. The lowest BCUT2D eigenvalue weighted by molar-refractivity contribution is 0.0627. The van der Waals surface area contributed by atoms with Crippen LogP contribution in [0.25, 0.3) is 17.3 Å². The summed E-state index contributed by atoms with van der Waals surface area (Å²) in [6.45, 7) is 7.65. The minimum atomic E-state index is 0.00166. The van der Waals surface area contributed by atoms with Crippen LogP contribution in [0, 0.1) is 13.8 Å². The summed E-state index contributed by atoms with van der Waals surface area (Å²) in [6.07, 6.45) is 3.29. The third-order valence-corrected chi connectivity index (χ3v) is 5.89. The molecule has 1 saturated heterocycles. The van der Waals surface area contributed by atoms with E-state index in [0.717, 1.165) is 30.9 Å². The van der Waals surface area contributed by atoms with E-state index in [1.807, 2.05) is 24.0 Å². The van der Waals surface area contributed by atoms with Crippen LogP contribution in [0.15, 0.2) is 59.4 Å². The van der Waals surface area contributed by atoms with Gasteiger partial charge in [0.15, 0.2) is 11.6 Å². The highest BCUT2D eigenvalue weighted by molar-refractivity contribution is 5.95. The number of hydrogen-bond acceptors (Lipinski definition) is 7. The number of nitrogens with zero attached hydrogens (tertiary/aromatic N) is 7. The molecule has 1 aromatic carbocycles. The summed E-state index contributed by atoms with van der Waals surface area (Å²) in [7, 11) is 0. The Labute approximate surface area is 191 Å². The summed E-state index contributed by atoms with van der Waals surface area (Å²) in [4.78, 5) is 26.2. The molecule has 4 heterocycles. The normalized spacial score (nSPS) is 14.5. The van der Waals surface area contributed by atoms with Crippen LogP contribution in [0.3, 0.4) is 0 Å². The van der Waals surface area contributed by atoms with E-state index < -0.39 is 0 Å². The lowest BCUT2D eigenvalue weighted by atomic mass is 10.1. The number of amides is 1. The maximum absolute atomic E-state index is 13.2. The molecular weight excluding hydrogens is 418 g/mol. The quantitative estimate of drug-likeness (QED) is 0.468. The van der Waals surface area contributed by atoms with Gasteiger partial charge in [0.05, 0.1) is 17.5 Å². The highest BCUT2D eigenvalue weighted by atomic mass is 16.5. The van der Waals surface area contributed by atoms with Crippen molar-refractivity contribution in [2.45, 2.75) is 20.4 Å². The van der Waals surface area contributed by atoms with Crippen molar-refractivity contribution in [1.29, 1.82) is 0 Å². The number of rotatable bonds is 5. The number of aryl methyl sites for hydroxylation is 1. The van der Waals surface area contributed by atoms with Gasteiger partial charge in [-0.05, 0) is 31.5 Å². The molecule has 0 saturated carbocycles. The standard InChI is InChI=1S/C24H25N7O2/c1-17-21(24(32)30-12-10-29(11-13-30)16-19-6-4-3-5-7-19)15-26-31(17)22-14-20(8-9-25-22)23-27-18(2)28-33-23/h3-9,14-15H,10-13,16H2,1-2H3. The molecule has 1 amide bonds. The summed E-state index contributed by atoms with van der Waals surface area (Å²) >= 11 is 0. The van der Waals surface area contributed by atoms with Crippen molar-refractivity contribution in [2.24, 2.45) is 0 Å². The molecule has 0 radical (unpaired) electrons. The second-order valence-corrected chi connectivity index (χ2v) is 8.16. The average Bonchev–Trinajstić information content (AvgIpc) is 3.45. The molecule has 1 aliphatic heterocycles. The molecule has 5 rings (SSSR count). The Bertz CT molecular complexity index is 1260. The molecule has 0 N–H and O–H groups in total. The third kappa shape index (κ3) is 4.40. The summed E-state index contributed by atoms with van der Waals surface area (Å²) in [5.41, 5.74) is 3.38. The summed E-state index contributed by atoms with van der Waals surface area (Å²) < 4.78 is 6.93. The van der Waals surface area contributed by atoms with E-state index in [4.69, 9.17) is 4.52 Å². The minimum absolute atomic E-state index is 0.00166. The molecule has 0 unspecified atom stereocenters. The zero-order valence-corrected chi connectivity index (χ0v) is 18.7. The summed E-state index contributed by atoms with van der Waals surface area (Å²) in [5, 5.41) is 8.28. The van der Waals surface area contributed by atoms with E-state index in [0.29, 0.717) is 36.2 Å². The highest BCUT2D eigenvalue weighted by Gasteiger charge is 2.25. The number of piperazine rings is 1. The van der Waals surface area contributed by atoms with Gasteiger partial charge >= 0.3 is 0 Å². The van der Waals surface area contributed by atoms with Crippen LogP contribution in [-0.2, 0) is 6.54 Å². The van der Waals surface area contributed by atoms with Gasteiger partial charge in [0, 0.05) is 44.5 Å². The first-order valence-corrected chi connectivity index (χ1v) is 11.0. The zero-order valence-electron chi connectivity index (χ0n) is 18.7. The van der Waals surface area contributed by atoms with Gasteiger partial charge in [-0.2, -0.15) is 10.1 Å². The number of aromatic nitrogens is 5. The van der Waals surface area contributed by atoms with Crippen molar-refractivity contribution in [1.82, 2.24) is 34.7 Å². The Morgan fingerprint density at radius 3 is 2.58 bits per heavy atom. The van der Waals surface area contributed by atoms with Gasteiger partial charge in [0.1, 0.15) is 0 Å². The van der Waals surface area contributed by atoms with Gasteiger partial charge in [-0.1, -0.05) is 35.5 Å². The second-order valence-electron chi connectivity index (χ2n) is 8.16. The Kier molecular flexibility index (Phi) is 5.70. The Morgan fingerprint density at radius 2 is 1.85 bits per heavy atom. The summed E-state index contributed by atoms with van der Waals surface area (Å²) in [6, 6.07) is 14.0. The second kappa shape index (κ2) is 8.95. The van der Waals surface area contributed by atoms with E-state index in [-0.39, 0.29) is 5.91 Å². The van der Waals surface area contributed by atoms with Gasteiger partial charge in [-0.25, -0.2) is 9.67 Å². The van der Waals surface area contributed by atoms with Crippen LogP contribution in [0.1, 0.15) is 27.4 Å². The van der Waals surface area contributed by atoms with Crippen LogP contribution in [0.2, 0.25) is 0 Å². The lowest BCUT2D eigenvalue weighted by Gasteiger charge is -2.34. The van der Waals surface area contributed by atoms with Gasteiger partial charge < -0.3 is 9.42 Å². The predicted octanol–water partition coefficient (Wildman–Crippen LogP) is 2.89. The molecule has 4 aromatic rings. The summed E-state index contributed by atoms with van der Waals surface area (Å²) in [5.74, 6) is 1.58. The molecule has 0 atom stereocenters. The van der Waals surface area contributed by atoms with Gasteiger partial charge in [0.25, 0.3) is 11.8 Å². The largest absolute Gasteiger partial charge is 0.336 e. The van der Waals surface area contributed by atoms with Crippen molar-refractivity contribution in [3.05, 3.63) is 77.5 Å². The third-order valence-electron chi connectivity index (χ3n) is 5.89. The molecule has 33 heavy (non-hydrogen) atoms. The molecule has 0 bridgehead atoms. The molecule has 0 spiro atoms. The maximum Gasteiger partial charge on any atom is 0.258 e. The molecule has 168 valence electrons. The molecule has 3 aromatic heterocycles. The van der Waals surface area contributed by atoms with Crippen molar-refractivity contribution >= 4 is 5.91 Å². The van der Waals surface area contributed by atoms with Gasteiger partial charge in [0.2, 0.25) is 0 Å². The van der Waals surface area contributed by atoms with Gasteiger partial charge in [-0.3, -0.25) is 9.69 Å². The van der Waals surface area contributed by atoms with E-state index in [1.54, 1.807) is 30.1 Å². The van der Waals surface area contributed by atoms with Crippen molar-refractivity contribution in [3.8, 4) is 17.3 Å². The fraction of sp³-hybridized carbons (Fsp3) is 0.292. The van der Waals surface area contributed by atoms with Crippen LogP contribution >= 0.6 is 0 Å². The predicted molar refractivity (Wildman–Crippen MR) is 122 cm³/mol. The number of hydrogen-bond donors (Lipinski definition) is 0. The molecule has 0 aliphatic carbocycles. The van der Waals surface area contributed by atoms with Crippen LogP contribution in [0.5, 0.6) is 0 Å². The van der Waals surface area contributed by atoms with E-state index >= 15 is 0 Å². The van der Waals surface area contributed by atoms with Crippen LogP contribution < -0.4 is 0 Å². The topological polar surface area (TPSA) is 93.2 Å². The van der Waals surface area contributed by atoms with E-state index in [2.05, 4.69) is 49.4 Å². The molecule has 9 heteroatoms. The molecule has 9 nitrogen and oxygen atoms in total. The van der Waals surface area contributed by atoms with E-state index in [9.17, 15) is 4.79 Å². The van der Waals surface area contributed by atoms with Crippen LogP contribution in [-0.4, -0.2) is 66.8 Å². The number of carbonyl (C=O) groups is 1. The highest BCUT2D eigenvalue weighted by Crippen LogP contribution is 2.21. The monoisotopic (exact) mass is 443 g/mol. The smallest absolute Gasteiger partial charge is 0.258 e. The zero-order chi connectivity index (χ0) is 22.8. The first kappa shape index (κ1) is 21.0. The van der Waals surface area contributed by atoms with Gasteiger partial charge in [-0.15, -0.1) is 0 Å². The first-order valence-electron chi connectivity index (χ1n) is 11.0. The first-order chi connectivity index (χ1) is 16.1. The van der Waals surface area contributed by atoms with E-state index in [1.165, 1.54) is 5.56 Å². The molecule has 1 aliphatic rings. The SMILES string of the molecule is Cc1noc(-c2ccnc(-n3ncc(C(=O)N4CCN(Cc5ccccc5)CC4)c3C)c2)n1. The maximum atomic E-state index is 13.2. The number of benzene rings is 1. The lowest BCUT2D eigenvalue weighted by Crippen LogP contribution is -2.48. The Morgan fingerprint density at radius 1 is 1.06 bits per heavy atom. The molecular formula is C24H25N7O2. The van der Waals surface area contributed by atoms with Crippen molar-refractivity contribution < 1.29 is 9.32 Å². The number of carbonyl (C=O) groups excluding carboxylic acids is 1. The fourth-order valence-corrected chi connectivity index (χ4v) is 4.05.